The quantitative estimate of drug-likeness (QED) is 0.354. The van der Waals surface area contributed by atoms with Crippen LogP contribution in [0.4, 0.5) is 4.79 Å². The molecule has 0 aliphatic rings. The number of aliphatic hydroxyl groups is 2. The Kier molecular flexibility index (Phi) is 8.94. The van der Waals surface area contributed by atoms with Crippen LogP contribution in [0.1, 0.15) is 51.9 Å². The third kappa shape index (κ3) is 11.3. The van der Waals surface area contributed by atoms with Crippen LogP contribution in [0.2, 0.25) is 0 Å². The number of unbranched alkanes of at least 4 members (excludes halogenated alkanes) is 4. The lowest BCUT2D eigenvalue weighted by Gasteiger charge is -2.10. The molecule has 0 aliphatic heterocycles. The van der Waals surface area contributed by atoms with Gasteiger partial charge in [0.05, 0.1) is 6.10 Å². The van der Waals surface area contributed by atoms with Crippen molar-refractivity contribution >= 4 is 6.03 Å². The number of carbonyl (C=O) groups excluding carboxylic acids is 1. The van der Waals surface area contributed by atoms with E-state index in [0.717, 1.165) is 38.5 Å². The van der Waals surface area contributed by atoms with Gasteiger partial charge in [0.15, 0.2) is 0 Å². The lowest BCUT2D eigenvalue weighted by molar-refractivity contribution is 0.132. The van der Waals surface area contributed by atoms with Crippen LogP contribution in [0, 0.1) is 0 Å². The van der Waals surface area contributed by atoms with Crippen LogP contribution in [0.3, 0.4) is 0 Å². The Hall–Kier alpha value is -0.810. The molecule has 0 aliphatic carbocycles. The molecule has 0 aromatic carbocycles. The second-order valence-corrected chi connectivity index (χ2v) is 4.22. The first-order valence-electron chi connectivity index (χ1n) is 5.94. The normalized spacial score (nSPS) is 14.4. The van der Waals surface area contributed by atoms with Gasteiger partial charge in [0.1, 0.15) is 6.23 Å². The van der Waals surface area contributed by atoms with Gasteiger partial charge < -0.3 is 21.3 Å². The first-order valence-corrected chi connectivity index (χ1v) is 5.94. The van der Waals surface area contributed by atoms with Gasteiger partial charge in [-0.25, -0.2) is 4.79 Å². The number of nitrogens with one attached hydrogen (secondary N) is 1. The Balaban J connectivity index is 3.17. The molecule has 5 nitrogen and oxygen atoms in total. The highest BCUT2D eigenvalue weighted by Crippen LogP contribution is 2.09. The zero-order chi connectivity index (χ0) is 12.4. The number of primary amides is 1. The molecule has 2 unspecified atom stereocenters. The van der Waals surface area contributed by atoms with E-state index in [2.05, 4.69) is 5.32 Å². The fraction of sp³-hybridized carbons (Fsp3) is 0.909. The molecule has 5 heteroatoms. The maximum Gasteiger partial charge on any atom is 0.314 e. The van der Waals surface area contributed by atoms with Crippen molar-refractivity contribution in [2.24, 2.45) is 5.73 Å². The minimum atomic E-state index is -0.824. The predicted molar refractivity (Wildman–Crippen MR) is 62.7 cm³/mol. The van der Waals surface area contributed by atoms with Crippen molar-refractivity contribution in [1.82, 2.24) is 5.32 Å². The molecule has 0 heterocycles. The van der Waals surface area contributed by atoms with E-state index < -0.39 is 12.3 Å². The Bertz CT molecular complexity index is 186. The topological polar surface area (TPSA) is 95.6 Å². The summed E-state index contributed by atoms with van der Waals surface area (Å²) in [6.45, 7) is 1.80. The number of nitrogens with two attached hydrogens (primary N) is 1. The number of aliphatic hydroxyl groups excluding tert-OH is 2. The Morgan fingerprint density at radius 3 is 2.12 bits per heavy atom. The van der Waals surface area contributed by atoms with Crippen LogP contribution in [-0.2, 0) is 0 Å². The van der Waals surface area contributed by atoms with E-state index in [9.17, 15) is 9.90 Å². The number of hydrogen-bond donors (Lipinski definition) is 4. The Labute approximate surface area is 97.0 Å². The maximum absolute atomic E-state index is 10.4. The van der Waals surface area contributed by atoms with Crippen LogP contribution in [0.25, 0.3) is 0 Å². The highest BCUT2D eigenvalue weighted by Gasteiger charge is 2.04. The summed E-state index contributed by atoms with van der Waals surface area (Å²) in [6.07, 6.45) is 5.50. The zero-order valence-corrected chi connectivity index (χ0v) is 9.98. The molecule has 0 bridgehead atoms. The monoisotopic (exact) mass is 232 g/mol. The number of urea groups is 1. The van der Waals surface area contributed by atoms with Crippen molar-refractivity contribution in [3.8, 4) is 0 Å². The van der Waals surface area contributed by atoms with Crippen molar-refractivity contribution in [3.05, 3.63) is 0 Å². The fourth-order valence-electron chi connectivity index (χ4n) is 1.54. The molecular formula is C11H24N2O3. The van der Waals surface area contributed by atoms with Crippen molar-refractivity contribution in [3.63, 3.8) is 0 Å². The van der Waals surface area contributed by atoms with Gasteiger partial charge in [0.25, 0.3) is 0 Å². The van der Waals surface area contributed by atoms with E-state index in [1.807, 2.05) is 0 Å². The first-order chi connectivity index (χ1) is 7.52. The fourth-order valence-corrected chi connectivity index (χ4v) is 1.54. The molecule has 0 aromatic heterocycles. The molecule has 2 atom stereocenters. The molecule has 0 spiro atoms. The molecule has 0 saturated carbocycles. The van der Waals surface area contributed by atoms with Gasteiger partial charge in [-0.3, -0.25) is 0 Å². The minimum Gasteiger partial charge on any atom is -0.393 e. The van der Waals surface area contributed by atoms with Gasteiger partial charge >= 0.3 is 6.03 Å². The van der Waals surface area contributed by atoms with Gasteiger partial charge in [-0.2, -0.15) is 0 Å². The largest absolute Gasteiger partial charge is 0.393 e. The van der Waals surface area contributed by atoms with E-state index in [4.69, 9.17) is 10.8 Å². The van der Waals surface area contributed by atoms with E-state index in [1.165, 1.54) is 0 Å². The molecule has 0 fully saturated rings. The van der Waals surface area contributed by atoms with Crippen LogP contribution >= 0.6 is 0 Å². The van der Waals surface area contributed by atoms with Crippen LogP contribution in [-0.4, -0.2) is 28.6 Å². The second-order valence-electron chi connectivity index (χ2n) is 4.22. The van der Waals surface area contributed by atoms with Crippen LogP contribution < -0.4 is 11.1 Å². The summed E-state index contributed by atoms with van der Waals surface area (Å²) < 4.78 is 0. The molecular weight excluding hydrogens is 208 g/mol. The average Bonchev–Trinajstić information content (AvgIpc) is 2.14. The van der Waals surface area contributed by atoms with E-state index in [-0.39, 0.29) is 6.10 Å². The molecule has 5 N–H and O–H groups in total. The molecule has 0 radical (unpaired) electrons. The molecule has 16 heavy (non-hydrogen) atoms. The lowest BCUT2D eigenvalue weighted by Crippen LogP contribution is -2.38. The molecule has 96 valence electrons. The van der Waals surface area contributed by atoms with E-state index >= 15 is 0 Å². The summed E-state index contributed by atoms with van der Waals surface area (Å²) in [5, 5.41) is 20.5. The summed E-state index contributed by atoms with van der Waals surface area (Å²) in [6, 6.07) is -0.690. The number of hydrogen-bond acceptors (Lipinski definition) is 3. The van der Waals surface area contributed by atoms with Crippen molar-refractivity contribution in [2.45, 2.75) is 64.2 Å². The smallest absolute Gasteiger partial charge is 0.314 e. The summed E-state index contributed by atoms with van der Waals surface area (Å²) in [5.74, 6) is 0. The average molecular weight is 232 g/mol. The van der Waals surface area contributed by atoms with Gasteiger partial charge in [0, 0.05) is 0 Å². The lowest BCUT2D eigenvalue weighted by atomic mass is 10.1. The molecule has 0 rings (SSSR count). The third-order valence-corrected chi connectivity index (χ3v) is 2.41. The predicted octanol–water partition coefficient (Wildman–Crippen LogP) is 1.08. The molecule has 2 amide bonds. The van der Waals surface area contributed by atoms with Gasteiger partial charge in [-0.1, -0.05) is 25.7 Å². The summed E-state index contributed by atoms with van der Waals surface area (Å²) >= 11 is 0. The SMILES string of the molecule is CC(O)CCCCCCCC(O)NC(N)=O. The van der Waals surface area contributed by atoms with Gasteiger partial charge in [0.2, 0.25) is 0 Å². The first kappa shape index (κ1) is 15.2. The van der Waals surface area contributed by atoms with Gasteiger partial charge in [-0.15, -0.1) is 0 Å². The minimum absolute atomic E-state index is 0.207. The molecule has 0 saturated heterocycles. The van der Waals surface area contributed by atoms with E-state index in [1.54, 1.807) is 6.92 Å². The van der Waals surface area contributed by atoms with Crippen LogP contribution in [0.5, 0.6) is 0 Å². The zero-order valence-electron chi connectivity index (χ0n) is 9.98. The van der Waals surface area contributed by atoms with Crippen molar-refractivity contribution < 1.29 is 15.0 Å². The van der Waals surface area contributed by atoms with Crippen molar-refractivity contribution in [1.29, 1.82) is 0 Å². The molecule has 0 aromatic rings. The maximum atomic E-state index is 10.4. The number of amides is 2. The third-order valence-electron chi connectivity index (χ3n) is 2.41. The van der Waals surface area contributed by atoms with Gasteiger partial charge in [-0.05, 0) is 26.2 Å². The standard InChI is InChI=1S/C11H24N2O3/c1-9(14)7-5-3-2-4-6-8-10(15)13-11(12)16/h9-10,14-15H,2-8H2,1H3,(H3,12,13,16). The highest BCUT2D eigenvalue weighted by atomic mass is 16.3. The summed E-state index contributed by atoms with van der Waals surface area (Å²) in [4.78, 5) is 10.4. The summed E-state index contributed by atoms with van der Waals surface area (Å²) in [7, 11) is 0. The highest BCUT2D eigenvalue weighted by molar-refractivity contribution is 5.71. The number of carbonyl (C=O) groups is 1. The second kappa shape index (κ2) is 9.42. The number of rotatable bonds is 9. The van der Waals surface area contributed by atoms with E-state index in [0.29, 0.717) is 6.42 Å². The Morgan fingerprint density at radius 2 is 1.62 bits per heavy atom. The van der Waals surface area contributed by atoms with Crippen molar-refractivity contribution in [2.75, 3.05) is 0 Å². The summed E-state index contributed by atoms with van der Waals surface area (Å²) in [5.41, 5.74) is 4.86. The Morgan fingerprint density at radius 1 is 1.12 bits per heavy atom. The van der Waals surface area contributed by atoms with Crippen LogP contribution in [0.15, 0.2) is 0 Å².